The maximum atomic E-state index is 14.6. The van der Waals surface area contributed by atoms with Gasteiger partial charge >= 0.3 is 11.8 Å². The van der Waals surface area contributed by atoms with Crippen LogP contribution < -0.4 is 10.1 Å². The number of anilines is 1. The number of esters is 1. The minimum Gasteiger partial charge on any atom is -0.507 e. The van der Waals surface area contributed by atoms with Gasteiger partial charge in [0.15, 0.2) is 5.75 Å². The second-order valence-electron chi connectivity index (χ2n) is 19.6. The van der Waals surface area contributed by atoms with Gasteiger partial charge < -0.3 is 54.3 Å². The number of methoxy groups -OCH3 is 1. The lowest BCUT2D eigenvalue weighted by Gasteiger charge is -2.39. The average molecular weight is 934 g/mol. The maximum absolute atomic E-state index is 14.6. The molecule has 2 aromatic rings. The van der Waals surface area contributed by atoms with Gasteiger partial charge in [-0.15, -0.1) is 5.54 Å². The van der Waals surface area contributed by atoms with Crippen molar-refractivity contribution in [3.8, 4) is 34.5 Å². The number of fused-ring (bicyclic) bond motifs is 14. The fourth-order valence-corrected chi connectivity index (χ4v) is 9.33. The highest BCUT2D eigenvalue weighted by Gasteiger charge is 2.50. The van der Waals surface area contributed by atoms with E-state index >= 15 is 0 Å². The number of phenols is 3. The second kappa shape index (κ2) is 20.2. The quantitative estimate of drug-likeness (QED) is 0.0402. The van der Waals surface area contributed by atoms with Crippen molar-refractivity contribution < 1.29 is 63.3 Å². The van der Waals surface area contributed by atoms with Crippen LogP contribution in [0, 0.1) is 42.1 Å². The number of allylic oxidation sites excluding steroid dienone is 2. The van der Waals surface area contributed by atoms with E-state index in [1.165, 1.54) is 59.4 Å². The highest BCUT2D eigenvalue weighted by molar-refractivity contribution is 6.83. The Morgan fingerprint density at radius 1 is 1.00 bits per heavy atom. The highest BCUT2D eigenvalue weighted by atomic mass is 28.3. The Kier molecular flexibility index (Phi) is 15.8. The number of phenolic OH excluding ortho intramolecular Hbond substituents is 3. The number of carbonyl (C=O) groups excluding carboxylic acids is 3. The van der Waals surface area contributed by atoms with Crippen LogP contribution >= 0.6 is 0 Å². The Bertz CT molecular complexity index is 2390. The first-order valence-corrected chi connectivity index (χ1v) is 26.0. The Morgan fingerprint density at radius 3 is 2.26 bits per heavy atom. The molecule has 360 valence electrons. The number of benzene rings is 2. The number of hydrogen-bond donors (Lipinski definition) is 6. The Labute approximate surface area is 389 Å². The largest absolute Gasteiger partial charge is 0.507 e. The highest BCUT2D eigenvalue weighted by Crippen LogP contribution is 2.55. The third kappa shape index (κ3) is 10.9. The van der Waals surface area contributed by atoms with E-state index in [2.05, 4.69) is 43.5 Å². The lowest BCUT2D eigenvalue weighted by atomic mass is 9.78. The van der Waals surface area contributed by atoms with E-state index in [0.717, 1.165) is 17.6 Å². The number of hydrazone groups is 1. The van der Waals surface area contributed by atoms with Gasteiger partial charge in [0.25, 0.3) is 11.7 Å². The van der Waals surface area contributed by atoms with Gasteiger partial charge in [-0.25, -0.2) is 0 Å². The molecule has 0 radical (unpaired) electrons. The summed E-state index contributed by atoms with van der Waals surface area (Å²) in [6.07, 6.45) is 4.88. The number of piperazine rings is 1. The first-order chi connectivity index (χ1) is 30.8. The molecule has 0 aromatic heterocycles. The molecule has 5 bridgehead atoms. The number of ether oxygens (including phenoxy) is 4. The number of quaternary nitrogens is 1. The summed E-state index contributed by atoms with van der Waals surface area (Å²) in [5, 5.41) is 67.7. The van der Waals surface area contributed by atoms with Gasteiger partial charge in [0.05, 0.1) is 86.2 Å². The van der Waals surface area contributed by atoms with E-state index in [-0.39, 0.29) is 44.5 Å². The number of rotatable bonds is 5. The van der Waals surface area contributed by atoms with E-state index in [9.17, 15) is 39.9 Å². The van der Waals surface area contributed by atoms with Crippen molar-refractivity contribution in [3.05, 3.63) is 52.8 Å². The number of carbonyl (C=O) groups is 3. The average Bonchev–Trinajstić information content (AvgIpc) is 3.51. The SMILES string of the molecule is CO[C@H]1/C=C/O[C@@]2(C)Oc3c(C)c(O)c4c(O)c(c(/C=N/N5CC[N+](C)(CC#C[Si](C)(C)C)CC5)c(O)c4c3C2=O)NC(=O)/C(C)=C\C=C\[C@H](C)C(O)C(C)C(O)[C@@H](C)[C@H](OC(C)=O)[C@@H]1C. The molecular formula is C49H69N4O12Si+. The van der Waals surface area contributed by atoms with Crippen LogP contribution in [0.15, 0.2) is 41.2 Å². The molecule has 0 spiro atoms. The number of hydrogen-bond acceptors (Lipinski definition) is 14. The van der Waals surface area contributed by atoms with Crippen molar-refractivity contribution in [1.82, 2.24) is 5.01 Å². The molecule has 4 aliphatic rings. The van der Waals surface area contributed by atoms with E-state index in [1.54, 1.807) is 39.8 Å². The summed E-state index contributed by atoms with van der Waals surface area (Å²) in [4.78, 5) is 40.9. The Hall–Kier alpha value is -5.38. The first kappa shape index (κ1) is 51.6. The normalized spacial score (nSPS) is 30.5. The van der Waals surface area contributed by atoms with Gasteiger partial charge in [0.1, 0.15) is 38.0 Å². The zero-order chi connectivity index (χ0) is 49.2. The van der Waals surface area contributed by atoms with Gasteiger partial charge in [-0.05, 0) is 19.9 Å². The molecule has 4 aliphatic heterocycles. The number of amides is 1. The van der Waals surface area contributed by atoms with Gasteiger partial charge in [0, 0.05) is 61.2 Å². The maximum Gasteiger partial charge on any atom is 0.312 e. The van der Waals surface area contributed by atoms with Crippen LogP contribution in [0.4, 0.5) is 5.69 Å². The predicted molar refractivity (Wildman–Crippen MR) is 255 cm³/mol. The van der Waals surface area contributed by atoms with E-state index in [1.807, 2.05) is 5.01 Å². The van der Waals surface area contributed by atoms with Crippen LogP contribution in [0.3, 0.4) is 0 Å². The van der Waals surface area contributed by atoms with Crippen molar-refractivity contribution in [2.45, 2.75) is 105 Å². The number of nitrogens with one attached hydrogen (secondary N) is 1. The van der Waals surface area contributed by atoms with Gasteiger partial charge in [-0.3, -0.25) is 19.4 Å². The summed E-state index contributed by atoms with van der Waals surface area (Å²) in [6.45, 7) is 22.4. The molecule has 3 unspecified atom stereocenters. The minimum absolute atomic E-state index is 0.0528. The van der Waals surface area contributed by atoms with Crippen LogP contribution in [-0.4, -0.2) is 144 Å². The number of aromatic hydroxyl groups is 3. The van der Waals surface area contributed by atoms with E-state index in [0.29, 0.717) is 19.6 Å². The monoisotopic (exact) mass is 933 g/mol. The zero-order valence-electron chi connectivity index (χ0n) is 40.6. The van der Waals surface area contributed by atoms with Gasteiger partial charge in [-0.1, -0.05) is 71.5 Å². The van der Waals surface area contributed by atoms with Crippen LogP contribution in [0.1, 0.15) is 70.0 Å². The standard InChI is InChI=1S/C49H68N4O12Si/c1-27-16-14-17-28(2)48(61)51-39-34(26-50-52-19-22-53(9,23-20-52)21-15-25-66(11,12)13)43(58)36-37(44(39)59)42(57)32(6)46-38(36)47(60)49(8,65-46)63-24-18-35(62-10)29(3)45(64-33(7)54)31(5)41(56)30(4)40(27)55/h14,16-18,24,26-27,29-31,35,40-41,45,55-56H,19-23H2,1-13H3,(H3-,50,51,57,58,59,60,61)/p+1/b16-14+,24-18+,28-17-/t27-,29+,30?,31+,35-,40?,41?,45+,49-/m0/s1. The third-order valence-corrected chi connectivity index (χ3v) is 14.0. The van der Waals surface area contributed by atoms with Crippen molar-refractivity contribution in [2.24, 2.45) is 28.8 Å². The smallest absolute Gasteiger partial charge is 0.312 e. The molecule has 6 rings (SSSR count). The molecule has 2 aromatic carbocycles. The van der Waals surface area contributed by atoms with Crippen LogP contribution in [-0.2, 0) is 23.8 Å². The summed E-state index contributed by atoms with van der Waals surface area (Å²) in [5.41, 5.74) is 3.07. The van der Waals surface area contributed by atoms with Crippen molar-refractivity contribution >= 4 is 48.4 Å². The number of aliphatic hydroxyl groups excluding tert-OH is 2. The van der Waals surface area contributed by atoms with Crippen LogP contribution in [0.25, 0.3) is 10.8 Å². The summed E-state index contributed by atoms with van der Waals surface area (Å²) in [5.74, 6) is -5.03. The number of ketones is 1. The second-order valence-corrected chi connectivity index (χ2v) is 24.3. The topological polar surface area (TPSA) is 217 Å². The van der Waals surface area contributed by atoms with Gasteiger partial charge in [-0.2, -0.15) is 5.10 Å². The summed E-state index contributed by atoms with van der Waals surface area (Å²) in [7, 11) is 2.05. The van der Waals surface area contributed by atoms with Crippen molar-refractivity contribution in [1.29, 1.82) is 0 Å². The third-order valence-electron chi connectivity index (χ3n) is 13.1. The molecule has 0 saturated carbocycles. The fourth-order valence-electron chi connectivity index (χ4n) is 8.72. The number of likely N-dealkylation sites (N-methyl/N-ethyl adjacent to an activating group) is 1. The predicted octanol–water partition coefficient (Wildman–Crippen LogP) is 5.73. The number of Topliss-reactive ketones (excluding diaryl/α,β-unsaturated/α-hetero) is 1. The fraction of sp³-hybridized carbons (Fsp3) is 0.551. The van der Waals surface area contributed by atoms with E-state index in [4.69, 9.17) is 24.0 Å². The molecular weight excluding hydrogens is 865 g/mol. The van der Waals surface area contributed by atoms with Gasteiger partial charge in [0.2, 0.25) is 0 Å². The molecule has 17 heteroatoms. The molecule has 16 nitrogen and oxygen atoms in total. The first-order valence-electron chi connectivity index (χ1n) is 22.5. The van der Waals surface area contributed by atoms with Crippen LogP contribution in [0.2, 0.25) is 19.6 Å². The Balaban J connectivity index is 1.66. The van der Waals surface area contributed by atoms with Crippen LogP contribution in [0.5, 0.6) is 23.0 Å². The zero-order valence-corrected chi connectivity index (χ0v) is 41.6. The molecule has 1 fully saturated rings. The molecule has 1 amide bonds. The summed E-state index contributed by atoms with van der Waals surface area (Å²) >= 11 is 0. The molecule has 6 N–H and O–H groups in total. The lowest BCUT2D eigenvalue weighted by Crippen LogP contribution is -2.56. The lowest BCUT2D eigenvalue weighted by molar-refractivity contribution is -0.906. The molecule has 1 saturated heterocycles. The Morgan fingerprint density at radius 2 is 1.65 bits per heavy atom. The number of aliphatic hydroxyl groups is 2. The number of nitrogens with zero attached hydrogens (tertiary/aromatic N) is 3. The molecule has 66 heavy (non-hydrogen) atoms. The minimum atomic E-state index is -2.06. The molecule has 0 aliphatic carbocycles. The molecule has 4 heterocycles. The van der Waals surface area contributed by atoms with Crippen molar-refractivity contribution in [2.75, 3.05) is 52.2 Å². The molecule has 9 atom stereocenters. The van der Waals surface area contributed by atoms with Crippen molar-refractivity contribution in [3.63, 3.8) is 0 Å². The summed E-state index contributed by atoms with van der Waals surface area (Å²) in [6, 6.07) is 0. The summed E-state index contributed by atoms with van der Waals surface area (Å²) < 4.78 is 24.5. The van der Waals surface area contributed by atoms with E-state index < -0.39 is 96.9 Å².